The Morgan fingerprint density at radius 3 is 2.31 bits per heavy atom. The molecule has 94 valence electrons. The fraction of sp³-hybridized carbons (Fsp3) is 0.800. The summed E-state index contributed by atoms with van der Waals surface area (Å²) in [6.45, 7) is 7.78. The molecular weight excluding hydrogens is 210 g/mol. The number of imide groups is 1. The summed E-state index contributed by atoms with van der Waals surface area (Å²) in [5.41, 5.74) is 4.71. The number of nitrogens with zero attached hydrogens (tertiary/aromatic N) is 1. The number of hydrogen-bond donors (Lipinski definition) is 2. The molecule has 0 radical (unpaired) electrons. The first-order valence-corrected chi connectivity index (χ1v) is 5.30. The third kappa shape index (κ3) is 5.55. The van der Waals surface area contributed by atoms with Gasteiger partial charge in [-0.2, -0.15) is 0 Å². The zero-order chi connectivity index (χ0) is 12.8. The summed E-state index contributed by atoms with van der Waals surface area (Å²) in [7, 11) is 0. The van der Waals surface area contributed by atoms with Crippen LogP contribution in [0.25, 0.3) is 0 Å². The van der Waals surface area contributed by atoms with E-state index in [0.29, 0.717) is 6.54 Å². The Bertz CT molecular complexity index is 248. The van der Waals surface area contributed by atoms with Gasteiger partial charge in [0.1, 0.15) is 5.60 Å². The predicted octanol–water partition coefficient (Wildman–Crippen LogP) is 0.912. The Hall–Kier alpha value is -1.30. The second kappa shape index (κ2) is 6.32. The van der Waals surface area contributed by atoms with Crippen molar-refractivity contribution in [3.63, 3.8) is 0 Å². The normalized spacial score (nSPS) is 10.8. The molecule has 3 N–H and O–H groups in total. The van der Waals surface area contributed by atoms with Gasteiger partial charge in [0, 0.05) is 19.6 Å². The molecule has 0 aromatic rings. The summed E-state index contributed by atoms with van der Waals surface area (Å²) in [6, 6.07) is -0.484. The molecule has 16 heavy (non-hydrogen) atoms. The van der Waals surface area contributed by atoms with Gasteiger partial charge in [0.2, 0.25) is 0 Å². The number of amides is 3. The maximum absolute atomic E-state index is 11.7. The van der Waals surface area contributed by atoms with Crippen LogP contribution in [0.15, 0.2) is 0 Å². The van der Waals surface area contributed by atoms with Crippen molar-refractivity contribution in [2.75, 3.05) is 19.6 Å². The van der Waals surface area contributed by atoms with Crippen LogP contribution in [-0.2, 0) is 4.74 Å². The lowest BCUT2D eigenvalue weighted by atomic mass is 10.2. The number of urea groups is 1. The topological polar surface area (TPSA) is 84.7 Å². The molecule has 0 unspecified atom stereocenters. The van der Waals surface area contributed by atoms with Crippen LogP contribution in [0.1, 0.15) is 27.7 Å². The van der Waals surface area contributed by atoms with Crippen LogP contribution in [0, 0.1) is 0 Å². The zero-order valence-electron chi connectivity index (χ0n) is 10.4. The highest BCUT2D eigenvalue weighted by Gasteiger charge is 2.26. The van der Waals surface area contributed by atoms with Crippen LogP contribution in [0.3, 0.4) is 0 Å². The molecule has 0 fully saturated rings. The molecule has 0 aromatic carbocycles. The maximum Gasteiger partial charge on any atom is 0.418 e. The van der Waals surface area contributed by atoms with Crippen LogP contribution in [0.4, 0.5) is 9.59 Å². The molecule has 0 aromatic heterocycles. The smallest absolute Gasteiger partial charge is 0.418 e. The molecule has 6 heteroatoms. The van der Waals surface area contributed by atoms with Gasteiger partial charge in [-0.1, -0.05) is 0 Å². The third-order valence-corrected chi connectivity index (χ3v) is 1.54. The van der Waals surface area contributed by atoms with Gasteiger partial charge in [-0.3, -0.25) is 0 Å². The van der Waals surface area contributed by atoms with Crippen LogP contribution >= 0.6 is 0 Å². The number of nitrogens with one attached hydrogen (secondary N) is 1. The zero-order valence-corrected chi connectivity index (χ0v) is 10.4. The fourth-order valence-corrected chi connectivity index (χ4v) is 0.969. The monoisotopic (exact) mass is 231 g/mol. The van der Waals surface area contributed by atoms with Gasteiger partial charge in [0.15, 0.2) is 0 Å². The lowest BCUT2D eigenvalue weighted by Gasteiger charge is -2.25. The molecule has 0 aliphatic heterocycles. The Labute approximate surface area is 96.1 Å². The Morgan fingerprint density at radius 1 is 1.38 bits per heavy atom. The number of carbonyl (C=O) groups excluding carboxylic acids is 2. The molecule has 0 bridgehead atoms. The van der Waals surface area contributed by atoms with E-state index >= 15 is 0 Å². The molecule has 0 saturated heterocycles. The standard InChI is InChI=1S/C10H21N3O3/c1-5-12-8(14)13(7-6-11)9(15)16-10(2,3)4/h5-7,11H2,1-4H3,(H,12,14). The summed E-state index contributed by atoms with van der Waals surface area (Å²) in [5.74, 6) is 0. The Balaban J connectivity index is 4.52. The first kappa shape index (κ1) is 14.7. The second-order valence-electron chi connectivity index (χ2n) is 4.26. The summed E-state index contributed by atoms with van der Waals surface area (Å²) in [5, 5.41) is 2.53. The minimum Gasteiger partial charge on any atom is -0.443 e. The van der Waals surface area contributed by atoms with Gasteiger partial charge in [-0.15, -0.1) is 0 Å². The van der Waals surface area contributed by atoms with E-state index in [9.17, 15) is 9.59 Å². The van der Waals surface area contributed by atoms with Crippen LogP contribution in [0.2, 0.25) is 0 Å². The maximum atomic E-state index is 11.7. The van der Waals surface area contributed by atoms with E-state index < -0.39 is 17.7 Å². The van der Waals surface area contributed by atoms with E-state index in [1.807, 2.05) is 0 Å². The Kier molecular flexibility index (Phi) is 5.81. The molecule has 0 atom stereocenters. The van der Waals surface area contributed by atoms with E-state index in [-0.39, 0.29) is 13.1 Å². The molecule has 0 saturated carbocycles. The minimum absolute atomic E-state index is 0.140. The first-order valence-electron chi connectivity index (χ1n) is 5.30. The van der Waals surface area contributed by atoms with Crippen molar-refractivity contribution < 1.29 is 14.3 Å². The fourth-order valence-electron chi connectivity index (χ4n) is 0.969. The molecular formula is C10H21N3O3. The summed E-state index contributed by atoms with van der Waals surface area (Å²) in [6.07, 6.45) is -0.677. The summed E-state index contributed by atoms with van der Waals surface area (Å²) >= 11 is 0. The lowest BCUT2D eigenvalue weighted by molar-refractivity contribution is 0.0326. The van der Waals surface area contributed by atoms with Gasteiger partial charge in [0.05, 0.1) is 0 Å². The lowest BCUT2D eigenvalue weighted by Crippen LogP contribution is -2.47. The van der Waals surface area contributed by atoms with Gasteiger partial charge < -0.3 is 15.8 Å². The van der Waals surface area contributed by atoms with Crippen molar-refractivity contribution in [3.8, 4) is 0 Å². The van der Waals surface area contributed by atoms with E-state index in [2.05, 4.69) is 5.32 Å². The van der Waals surface area contributed by atoms with Crippen LogP contribution in [0.5, 0.6) is 0 Å². The van der Waals surface area contributed by atoms with E-state index in [1.165, 1.54) is 0 Å². The third-order valence-electron chi connectivity index (χ3n) is 1.54. The summed E-state index contributed by atoms with van der Waals surface area (Å²) < 4.78 is 5.09. The number of hydrogen-bond acceptors (Lipinski definition) is 4. The van der Waals surface area contributed by atoms with E-state index in [1.54, 1.807) is 27.7 Å². The van der Waals surface area contributed by atoms with Gasteiger partial charge in [-0.05, 0) is 27.7 Å². The largest absolute Gasteiger partial charge is 0.443 e. The predicted molar refractivity (Wildman–Crippen MR) is 61.1 cm³/mol. The molecule has 3 amide bonds. The molecule has 0 rings (SSSR count). The van der Waals surface area contributed by atoms with Crippen molar-refractivity contribution in [2.45, 2.75) is 33.3 Å². The average Bonchev–Trinajstić information content (AvgIpc) is 2.11. The Morgan fingerprint density at radius 2 is 1.94 bits per heavy atom. The second-order valence-corrected chi connectivity index (χ2v) is 4.26. The highest BCUT2D eigenvalue weighted by atomic mass is 16.6. The SMILES string of the molecule is CCNC(=O)N(CCN)C(=O)OC(C)(C)C. The highest BCUT2D eigenvalue weighted by molar-refractivity contribution is 5.91. The van der Waals surface area contributed by atoms with E-state index in [4.69, 9.17) is 10.5 Å². The van der Waals surface area contributed by atoms with Crippen molar-refractivity contribution >= 4 is 12.1 Å². The number of rotatable bonds is 3. The molecule has 0 aliphatic rings. The summed E-state index contributed by atoms with van der Waals surface area (Å²) in [4.78, 5) is 24.1. The molecule has 0 aliphatic carbocycles. The van der Waals surface area contributed by atoms with Gasteiger partial charge >= 0.3 is 12.1 Å². The van der Waals surface area contributed by atoms with Crippen molar-refractivity contribution in [1.82, 2.24) is 10.2 Å². The minimum atomic E-state index is -0.677. The molecule has 6 nitrogen and oxygen atoms in total. The average molecular weight is 231 g/mol. The van der Waals surface area contributed by atoms with Crippen molar-refractivity contribution in [3.05, 3.63) is 0 Å². The molecule has 0 spiro atoms. The van der Waals surface area contributed by atoms with Gasteiger partial charge in [0.25, 0.3) is 0 Å². The number of nitrogens with two attached hydrogens (primary N) is 1. The highest BCUT2D eigenvalue weighted by Crippen LogP contribution is 2.09. The number of carbonyl (C=O) groups is 2. The van der Waals surface area contributed by atoms with E-state index in [0.717, 1.165) is 4.90 Å². The van der Waals surface area contributed by atoms with Gasteiger partial charge in [-0.25, -0.2) is 14.5 Å². The van der Waals surface area contributed by atoms with Crippen molar-refractivity contribution in [2.24, 2.45) is 5.73 Å². The van der Waals surface area contributed by atoms with Crippen LogP contribution < -0.4 is 11.1 Å². The first-order chi connectivity index (χ1) is 7.31. The molecule has 0 heterocycles. The quantitative estimate of drug-likeness (QED) is 0.756. The van der Waals surface area contributed by atoms with Crippen LogP contribution in [-0.4, -0.2) is 42.3 Å². The van der Waals surface area contributed by atoms with Crippen molar-refractivity contribution in [1.29, 1.82) is 0 Å². The number of ether oxygens (including phenoxy) is 1.